The minimum Gasteiger partial charge on any atom is -0.467 e. The lowest BCUT2D eigenvalue weighted by Crippen LogP contribution is -2.49. The topological polar surface area (TPSA) is 128 Å². The maximum atomic E-state index is 12.9. The Morgan fingerprint density at radius 1 is 0.865 bits per heavy atom. The maximum absolute atomic E-state index is 12.9. The molecule has 2 amide bonds. The number of carbonyl (C=O) groups is 3. The Balaban J connectivity index is 1.55. The van der Waals surface area contributed by atoms with Crippen molar-refractivity contribution in [1.82, 2.24) is 10.6 Å². The van der Waals surface area contributed by atoms with Gasteiger partial charge in [0.15, 0.2) is 9.84 Å². The third kappa shape index (κ3) is 8.96. The molecule has 0 heterocycles. The van der Waals surface area contributed by atoms with Gasteiger partial charge in [-0.1, -0.05) is 60.3 Å². The van der Waals surface area contributed by atoms with Crippen molar-refractivity contribution in [3.8, 4) is 0 Å². The van der Waals surface area contributed by atoms with Crippen molar-refractivity contribution in [2.45, 2.75) is 27.3 Å². The summed E-state index contributed by atoms with van der Waals surface area (Å²) >= 11 is 1.48. The average Bonchev–Trinajstić information content (AvgIpc) is 2.91. The first-order valence-electron chi connectivity index (χ1n) is 11.1. The number of methoxy groups -OCH3 is 1. The second-order valence-electron chi connectivity index (χ2n) is 7.73. The van der Waals surface area contributed by atoms with Gasteiger partial charge in [-0.05, 0) is 42.0 Å². The van der Waals surface area contributed by atoms with Crippen molar-refractivity contribution in [2.75, 3.05) is 19.4 Å². The van der Waals surface area contributed by atoms with Gasteiger partial charge in [-0.25, -0.2) is 18.0 Å². The average molecular weight is 543 g/mol. The van der Waals surface area contributed by atoms with Crippen molar-refractivity contribution in [1.29, 1.82) is 0 Å². The van der Waals surface area contributed by atoms with E-state index in [1.54, 1.807) is 36.4 Å². The van der Waals surface area contributed by atoms with E-state index in [1.165, 1.54) is 23.9 Å². The number of hydrogen-bond donors (Lipinski definition) is 2. The summed E-state index contributed by atoms with van der Waals surface area (Å²) in [6.45, 7) is -0.507. The Bertz CT molecular complexity index is 1300. The third-order valence-corrected chi connectivity index (χ3v) is 7.75. The summed E-state index contributed by atoms with van der Waals surface area (Å²) < 4.78 is 35.6. The molecule has 3 aromatic carbocycles. The Labute approximate surface area is 219 Å². The number of carbonyl (C=O) groups excluding carboxylic acids is 3. The van der Waals surface area contributed by atoms with Gasteiger partial charge in [0.25, 0.3) is 0 Å². The van der Waals surface area contributed by atoms with E-state index in [-0.39, 0.29) is 11.5 Å². The van der Waals surface area contributed by atoms with Gasteiger partial charge in [-0.2, -0.15) is 0 Å². The fourth-order valence-corrected chi connectivity index (χ4v) is 5.38. The second kappa shape index (κ2) is 13.5. The van der Waals surface area contributed by atoms with E-state index in [2.05, 4.69) is 15.4 Å². The Kier molecular flexibility index (Phi) is 10.1. The first kappa shape index (κ1) is 27.8. The van der Waals surface area contributed by atoms with E-state index in [0.29, 0.717) is 0 Å². The van der Waals surface area contributed by atoms with Crippen LogP contribution in [0.5, 0.6) is 0 Å². The van der Waals surface area contributed by atoms with Crippen LogP contribution in [0.2, 0.25) is 0 Å². The van der Waals surface area contributed by atoms with Crippen molar-refractivity contribution >= 4 is 39.6 Å². The fraction of sp³-hybridized carbons (Fsp3) is 0.192. The van der Waals surface area contributed by atoms with Crippen LogP contribution in [0.25, 0.3) is 0 Å². The van der Waals surface area contributed by atoms with Gasteiger partial charge in [-0.15, -0.1) is 0 Å². The minimum absolute atomic E-state index is 0.00400. The predicted octanol–water partition coefficient (Wildman–Crippen LogP) is 3.20. The van der Waals surface area contributed by atoms with E-state index in [4.69, 9.17) is 4.74 Å². The first-order valence-corrected chi connectivity index (χ1v) is 13.6. The van der Waals surface area contributed by atoms with Crippen molar-refractivity contribution in [3.05, 3.63) is 90.5 Å². The van der Waals surface area contributed by atoms with Crippen LogP contribution in [0.15, 0.2) is 99.6 Å². The molecule has 0 aromatic heterocycles. The van der Waals surface area contributed by atoms with E-state index in [0.717, 1.165) is 22.5 Å². The van der Waals surface area contributed by atoms with E-state index in [9.17, 15) is 22.8 Å². The zero-order chi connectivity index (χ0) is 26.7. The molecule has 0 spiro atoms. The number of amides is 2. The summed E-state index contributed by atoms with van der Waals surface area (Å²) in [6, 6.07) is 23.3. The zero-order valence-electron chi connectivity index (χ0n) is 20.0. The molecule has 2 N–H and O–H groups in total. The van der Waals surface area contributed by atoms with E-state index in [1.807, 2.05) is 36.4 Å². The highest BCUT2D eigenvalue weighted by atomic mass is 32.2. The molecule has 1 unspecified atom stereocenters. The van der Waals surface area contributed by atoms with Gasteiger partial charge < -0.3 is 20.1 Å². The summed E-state index contributed by atoms with van der Waals surface area (Å²) in [4.78, 5) is 38.2. The van der Waals surface area contributed by atoms with Crippen molar-refractivity contribution in [2.24, 2.45) is 0 Å². The van der Waals surface area contributed by atoms with Crippen LogP contribution in [0.1, 0.15) is 5.56 Å². The Hall–Kier alpha value is -3.83. The van der Waals surface area contributed by atoms with Crippen LogP contribution in [0.3, 0.4) is 0 Å². The molecule has 194 valence electrons. The van der Waals surface area contributed by atoms with Gasteiger partial charge in [0.2, 0.25) is 5.91 Å². The molecule has 3 aromatic rings. The molecule has 0 radical (unpaired) electrons. The van der Waals surface area contributed by atoms with Crippen LogP contribution in [0.4, 0.5) is 4.79 Å². The zero-order valence-corrected chi connectivity index (χ0v) is 21.6. The molecule has 0 aliphatic rings. The van der Waals surface area contributed by atoms with Gasteiger partial charge >= 0.3 is 12.1 Å². The van der Waals surface area contributed by atoms with Crippen LogP contribution in [-0.2, 0) is 35.5 Å². The summed E-state index contributed by atoms with van der Waals surface area (Å²) in [5, 5.41) is 4.56. The molecule has 0 fully saturated rings. The van der Waals surface area contributed by atoms with Gasteiger partial charge in [0.1, 0.15) is 19.2 Å². The molecular weight excluding hydrogens is 516 g/mol. The normalized spacial score (nSPS) is 11.7. The molecule has 0 saturated heterocycles. The molecule has 9 nitrogen and oxygen atoms in total. The van der Waals surface area contributed by atoms with Gasteiger partial charge in [-0.3, -0.25) is 4.79 Å². The van der Waals surface area contributed by atoms with Gasteiger partial charge in [0.05, 0.1) is 17.8 Å². The molecule has 3 rings (SSSR count). The number of ether oxygens (including phenoxy) is 2. The fourth-order valence-electron chi connectivity index (χ4n) is 3.14. The highest BCUT2D eigenvalue weighted by Crippen LogP contribution is 2.28. The molecule has 1 atom stereocenters. The largest absolute Gasteiger partial charge is 0.467 e. The van der Waals surface area contributed by atoms with Gasteiger partial charge in [0, 0.05) is 9.79 Å². The molecule has 0 aliphatic carbocycles. The lowest BCUT2D eigenvalue weighted by Gasteiger charge is -2.17. The number of alkyl carbamates (subject to hydrolysis) is 1. The third-order valence-electron chi connectivity index (χ3n) is 4.97. The first-order chi connectivity index (χ1) is 17.8. The lowest BCUT2D eigenvalue weighted by molar-refractivity contribution is -0.144. The predicted molar refractivity (Wildman–Crippen MR) is 138 cm³/mol. The standard InChI is InChI=1S/C26H26N2O7S2/c1-34-25(30)23(28-24(29)16-27-26(31)35-17-19-8-4-2-5-9-19)18-37(32,33)22-14-12-21(13-15-22)36-20-10-6-3-7-11-20/h2-15,23H,16-18H2,1H3,(H,27,31)(H,28,29). The highest BCUT2D eigenvalue weighted by molar-refractivity contribution is 7.99. The summed E-state index contributed by atoms with van der Waals surface area (Å²) in [6.07, 6.45) is -0.838. The molecule has 0 saturated carbocycles. The number of rotatable bonds is 11. The second-order valence-corrected chi connectivity index (χ2v) is 10.9. The van der Waals surface area contributed by atoms with E-state index < -0.39 is 46.1 Å². The quantitative estimate of drug-likeness (QED) is 0.354. The Morgan fingerprint density at radius 3 is 2.08 bits per heavy atom. The molecule has 0 aliphatic heterocycles. The van der Waals surface area contributed by atoms with Crippen molar-refractivity contribution in [3.63, 3.8) is 0 Å². The maximum Gasteiger partial charge on any atom is 0.407 e. The monoisotopic (exact) mass is 542 g/mol. The molecule has 0 bridgehead atoms. The number of nitrogens with one attached hydrogen (secondary N) is 2. The molecule has 11 heteroatoms. The Morgan fingerprint density at radius 2 is 1.46 bits per heavy atom. The van der Waals surface area contributed by atoms with E-state index >= 15 is 0 Å². The summed E-state index contributed by atoms with van der Waals surface area (Å²) in [7, 11) is -2.87. The summed E-state index contributed by atoms with van der Waals surface area (Å²) in [5.41, 5.74) is 0.768. The smallest absolute Gasteiger partial charge is 0.407 e. The SMILES string of the molecule is COC(=O)C(CS(=O)(=O)c1ccc(Sc2ccccc2)cc1)NC(=O)CNC(=O)OCc1ccccc1. The minimum atomic E-state index is -3.96. The number of benzene rings is 3. The van der Waals surface area contributed by atoms with Crippen LogP contribution in [0, 0.1) is 0 Å². The molecule has 37 heavy (non-hydrogen) atoms. The highest BCUT2D eigenvalue weighted by Gasteiger charge is 2.29. The lowest BCUT2D eigenvalue weighted by atomic mass is 10.2. The number of hydrogen-bond acceptors (Lipinski definition) is 8. The summed E-state index contributed by atoms with van der Waals surface area (Å²) in [5.74, 6) is -2.42. The van der Waals surface area contributed by atoms with Crippen LogP contribution >= 0.6 is 11.8 Å². The van der Waals surface area contributed by atoms with Crippen LogP contribution < -0.4 is 10.6 Å². The number of esters is 1. The van der Waals surface area contributed by atoms with Crippen molar-refractivity contribution < 1.29 is 32.3 Å². The number of sulfone groups is 1. The molecular formula is C26H26N2O7S2. The van der Waals surface area contributed by atoms with Crippen LogP contribution in [-0.4, -0.2) is 51.8 Å².